The van der Waals surface area contributed by atoms with E-state index in [0.717, 1.165) is 38.2 Å². The molecule has 0 unspecified atom stereocenters. The van der Waals surface area contributed by atoms with E-state index >= 15 is 0 Å². The SMILES string of the molecule is COCCCCNCc1nc(C)c(C)s1. The Kier molecular flexibility index (Phi) is 5.83. The molecule has 0 bridgehead atoms. The van der Waals surface area contributed by atoms with Crippen LogP contribution in [-0.2, 0) is 11.3 Å². The molecule has 0 saturated heterocycles. The molecule has 1 rings (SSSR count). The number of nitrogens with one attached hydrogen (secondary N) is 1. The molecule has 86 valence electrons. The van der Waals surface area contributed by atoms with Gasteiger partial charge in [0.25, 0.3) is 0 Å². The standard InChI is InChI=1S/C11H20N2OS/c1-9-10(2)15-11(13-9)8-12-6-4-5-7-14-3/h12H,4-8H2,1-3H3. The third kappa shape index (κ3) is 4.73. The van der Waals surface area contributed by atoms with Crippen LogP contribution in [0.3, 0.4) is 0 Å². The summed E-state index contributed by atoms with van der Waals surface area (Å²) in [7, 11) is 1.74. The van der Waals surface area contributed by atoms with E-state index in [1.54, 1.807) is 18.4 Å². The normalized spacial score (nSPS) is 10.9. The van der Waals surface area contributed by atoms with Gasteiger partial charge in [-0.25, -0.2) is 4.98 Å². The topological polar surface area (TPSA) is 34.1 Å². The van der Waals surface area contributed by atoms with E-state index < -0.39 is 0 Å². The van der Waals surface area contributed by atoms with Crippen molar-refractivity contribution in [3.63, 3.8) is 0 Å². The van der Waals surface area contributed by atoms with E-state index in [1.165, 1.54) is 9.88 Å². The van der Waals surface area contributed by atoms with Gasteiger partial charge in [0.05, 0.1) is 5.69 Å². The van der Waals surface area contributed by atoms with Gasteiger partial charge in [0.15, 0.2) is 0 Å². The molecule has 0 aliphatic heterocycles. The van der Waals surface area contributed by atoms with Gasteiger partial charge in [-0.05, 0) is 33.2 Å². The zero-order valence-corrected chi connectivity index (χ0v) is 10.6. The van der Waals surface area contributed by atoms with Crippen LogP contribution in [0, 0.1) is 13.8 Å². The molecular formula is C11H20N2OS. The average Bonchev–Trinajstić information content (AvgIpc) is 2.52. The molecule has 4 heteroatoms. The van der Waals surface area contributed by atoms with Crippen molar-refractivity contribution in [3.05, 3.63) is 15.6 Å². The number of aryl methyl sites for hydroxylation is 2. The summed E-state index contributed by atoms with van der Waals surface area (Å²) in [6, 6.07) is 0. The molecule has 0 spiro atoms. The number of hydrogen-bond acceptors (Lipinski definition) is 4. The van der Waals surface area contributed by atoms with Crippen molar-refractivity contribution in [1.82, 2.24) is 10.3 Å². The second-order valence-corrected chi connectivity index (χ2v) is 4.91. The van der Waals surface area contributed by atoms with Gasteiger partial charge in [-0.3, -0.25) is 0 Å². The maximum atomic E-state index is 4.99. The van der Waals surface area contributed by atoms with Crippen LogP contribution in [0.15, 0.2) is 0 Å². The van der Waals surface area contributed by atoms with Gasteiger partial charge in [0.1, 0.15) is 5.01 Å². The molecule has 1 N–H and O–H groups in total. The molecule has 0 atom stereocenters. The number of unbranched alkanes of at least 4 members (excludes halogenated alkanes) is 1. The minimum atomic E-state index is 0.858. The van der Waals surface area contributed by atoms with Crippen molar-refractivity contribution in [2.24, 2.45) is 0 Å². The van der Waals surface area contributed by atoms with Crippen molar-refractivity contribution < 1.29 is 4.74 Å². The third-order valence-corrected chi connectivity index (χ3v) is 3.37. The molecule has 1 aromatic rings. The van der Waals surface area contributed by atoms with Crippen LogP contribution < -0.4 is 5.32 Å². The maximum absolute atomic E-state index is 4.99. The Morgan fingerprint density at radius 2 is 2.13 bits per heavy atom. The molecule has 3 nitrogen and oxygen atoms in total. The van der Waals surface area contributed by atoms with Crippen molar-refractivity contribution in [2.75, 3.05) is 20.3 Å². The second-order valence-electron chi connectivity index (χ2n) is 3.63. The summed E-state index contributed by atoms with van der Waals surface area (Å²) in [6.07, 6.45) is 2.29. The Hall–Kier alpha value is -0.450. The van der Waals surface area contributed by atoms with Gasteiger partial charge in [-0.15, -0.1) is 11.3 Å². The first-order valence-corrected chi connectivity index (χ1v) is 6.18. The number of methoxy groups -OCH3 is 1. The fraction of sp³-hybridized carbons (Fsp3) is 0.727. The number of hydrogen-bond donors (Lipinski definition) is 1. The minimum Gasteiger partial charge on any atom is -0.385 e. The van der Waals surface area contributed by atoms with Crippen LogP contribution in [0.4, 0.5) is 0 Å². The molecule has 0 amide bonds. The summed E-state index contributed by atoms with van der Waals surface area (Å²) in [5.74, 6) is 0. The highest BCUT2D eigenvalue weighted by molar-refractivity contribution is 7.11. The largest absolute Gasteiger partial charge is 0.385 e. The van der Waals surface area contributed by atoms with Gasteiger partial charge in [0.2, 0.25) is 0 Å². The molecule has 1 aromatic heterocycles. The molecule has 0 aromatic carbocycles. The first-order valence-electron chi connectivity index (χ1n) is 5.36. The summed E-state index contributed by atoms with van der Waals surface area (Å²) in [6.45, 7) is 6.98. The summed E-state index contributed by atoms with van der Waals surface area (Å²) in [5, 5.41) is 4.58. The smallest absolute Gasteiger partial charge is 0.107 e. The zero-order chi connectivity index (χ0) is 11.1. The molecule has 0 aliphatic carbocycles. The predicted octanol–water partition coefficient (Wildman–Crippen LogP) is 2.28. The molecule has 0 radical (unpaired) electrons. The highest BCUT2D eigenvalue weighted by atomic mass is 32.1. The Morgan fingerprint density at radius 3 is 2.73 bits per heavy atom. The first kappa shape index (κ1) is 12.6. The van der Waals surface area contributed by atoms with Gasteiger partial charge in [-0.2, -0.15) is 0 Å². The van der Waals surface area contributed by atoms with E-state index in [4.69, 9.17) is 4.74 Å². The first-order chi connectivity index (χ1) is 7.24. The summed E-state index contributed by atoms with van der Waals surface area (Å²) in [5.41, 5.74) is 1.16. The van der Waals surface area contributed by atoms with Crippen LogP contribution in [0.5, 0.6) is 0 Å². The summed E-state index contributed by atoms with van der Waals surface area (Å²) >= 11 is 1.78. The number of aromatic nitrogens is 1. The number of rotatable bonds is 7. The molecule has 0 aliphatic rings. The summed E-state index contributed by atoms with van der Waals surface area (Å²) < 4.78 is 4.99. The number of nitrogens with zero attached hydrogens (tertiary/aromatic N) is 1. The average molecular weight is 228 g/mol. The Bertz CT molecular complexity index is 267. The summed E-state index contributed by atoms with van der Waals surface area (Å²) in [4.78, 5) is 5.80. The van der Waals surface area contributed by atoms with E-state index in [0.29, 0.717) is 0 Å². The Balaban J connectivity index is 2.10. The maximum Gasteiger partial charge on any atom is 0.107 e. The fourth-order valence-electron chi connectivity index (χ4n) is 1.31. The molecular weight excluding hydrogens is 208 g/mol. The molecule has 1 heterocycles. The lowest BCUT2D eigenvalue weighted by atomic mass is 10.3. The van der Waals surface area contributed by atoms with Crippen LogP contribution in [0.25, 0.3) is 0 Å². The van der Waals surface area contributed by atoms with E-state index in [1.807, 2.05) is 0 Å². The quantitative estimate of drug-likeness (QED) is 0.727. The molecule has 15 heavy (non-hydrogen) atoms. The zero-order valence-electron chi connectivity index (χ0n) is 9.80. The monoisotopic (exact) mass is 228 g/mol. The van der Waals surface area contributed by atoms with E-state index in [-0.39, 0.29) is 0 Å². The number of thiazole rings is 1. The lowest BCUT2D eigenvalue weighted by Gasteiger charge is -2.01. The van der Waals surface area contributed by atoms with Crippen molar-refractivity contribution in [2.45, 2.75) is 33.2 Å². The van der Waals surface area contributed by atoms with Crippen LogP contribution >= 0.6 is 11.3 Å². The lowest BCUT2D eigenvalue weighted by molar-refractivity contribution is 0.192. The van der Waals surface area contributed by atoms with Crippen LogP contribution in [0.2, 0.25) is 0 Å². The van der Waals surface area contributed by atoms with Gasteiger partial charge >= 0.3 is 0 Å². The Morgan fingerprint density at radius 1 is 1.33 bits per heavy atom. The third-order valence-electron chi connectivity index (χ3n) is 2.30. The lowest BCUT2D eigenvalue weighted by Crippen LogP contribution is -2.14. The van der Waals surface area contributed by atoms with Crippen LogP contribution in [0.1, 0.15) is 28.4 Å². The van der Waals surface area contributed by atoms with Crippen LogP contribution in [-0.4, -0.2) is 25.2 Å². The van der Waals surface area contributed by atoms with Gasteiger partial charge in [-0.1, -0.05) is 0 Å². The minimum absolute atomic E-state index is 0.858. The molecule has 0 saturated carbocycles. The fourth-order valence-corrected chi connectivity index (χ4v) is 2.21. The Labute approximate surface area is 95.9 Å². The predicted molar refractivity (Wildman–Crippen MR) is 64.4 cm³/mol. The molecule has 0 fully saturated rings. The van der Waals surface area contributed by atoms with Gasteiger partial charge in [0, 0.05) is 25.1 Å². The van der Waals surface area contributed by atoms with E-state index in [9.17, 15) is 0 Å². The highest BCUT2D eigenvalue weighted by Crippen LogP contribution is 2.15. The van der Waals surface area contributed by atoms with Crippen molar-refractivity contribution in [1.29, 1.82) is 0 Å². The van der Waals surface area contributed by atoms with E-state index in [2.05, 4.69) is 24.1 Å². The van der Waals surface area contributed by atoms with Crippen molar-refractivity contribution in [3.8, 4) is 0 Å². The van der Waals surface area contributed by atoms with Gasteiger partial charge < -0.3 is 10.1 Å². The number of ether oxygens (including phenoxy) is 1. The highest BCUT2D eigenvalue weighted by Gasteiger charge is 2.02. The second kappa shape index (κ2) is 6.93. The van der Waals surface area contributed by atoms with Crippen molar-refractivity contribution >= 4 is 11.3 Å².